The molecular formula is C19H36O2. The SMILES string of the molecule is CC.CCC(C)(C)C(=O)OC1(C)CC2CCC1(C)C2(C)C. The summed E-state index contributed by atoms with van der Waals surface area (Å²) in [6.07, 6.45) is 4.32. The highest BCUT2D eigenvalue weighted by atomic mass is 16.6. The third-order valence-corrected chi connectivity index (χ3v) is 6.99. The van der Waals surface area contributed by atoms with E-state index in [9.17, 15) is 4.79 Å². The van der Waals surface area contributed by atoms with E-state index >= 15 is 0 Å². The van der Waals surface area contributed by atoms with E-state index in [0.29, 0.717) is 5.92 Å². The van der Waals surface area contributed by atoms with Crippen LogP contribution in [0.15, 0.2) is 0 Å². The van der Waals surface area contributed by atoms with Gasteiger partial charge in [0.15, 0.2) is 0 Å². The van der Waals surface area contributed by atoms with E-state index < -0.39 is 0 Å². The fourth-order valence-corrected chi connectivity index (χ4v) is 4.24. The first-order chi connectivity index (χ1) is 9.50. The topological polar surface area (TPSA) is 26.3 Å². The first-order valence-corrected chi connectivity index (χ1v) is 8.74. The number of carbonyl (C=O) groups excluding carboxylic acids is 1. The van der Waals surface area contributed by atoms with Crippen LogP contribution in [0.4, 0.5) is 0 Å². The second-order valence-corrected chi connectivity index (χ2v) is 8.35. The molecule has 21 heavy (non-hydrogen) atoms. The summed E-state index contributed by atoms with van der Waals surface area (Å²) in [6.45, 7) is 19.2. The molecule has 2 nitrogen and oxygen atoms in total. The molecule has 2 fully saturated rings. The molecule has 124 valence electrons. The van der Waals surface area contributed by atoms with Crippen molar-refractivity contribution in [1.82, 2.24) is 0 Å². The van der Waals surface area contributed by atoms with Crippen molar-refractivity contribution < 1.29 is 9.53 Å². The zero-order chi connectivity index (χ0) is 16.7. The molecule has 2 heteroatoms. The van der Waals surface area contributed by atoms with Crippen molar-refractivity contribution in [3.8, 4) is 0 Å². The molecule has 2 saturated carbocycles. The molecule has 0 saturated heterocycles. The highest BCUT2D eigenvalue weighted by molar-refractivity contribution is 5.76. The van der Waals surface area contributed by atoms with Crippen molar-refractivity contribution in [2.75, 3.05) is 0 Å². The highest BCUT2D eigenvalue weighted by Gasteiger charge is 2.69. The number of hydrogen-bond donors (Lipinski definition) is 0. The van der Waals surface area contributed by atoms with Gasteiger partial charge in [0, 0.05) is 5.41 Å². The lowest BCUT2D eigenvalue weighted by molar-refractivity contribution is -0.185. The number of fused-ring (bicyclic) bond motifs is 2. The van der Waals surface area contributed by atoms with Crippen LogP contribution in [0.1, 0.15) is 88.0 Å². The molecule has 0 N–H and O–H groups in total. The molecule has 0 spiro atoms. The zero-order valence-electron chi connectivity index (χ0n) is 15.7. The summed E-state index contributed by atoms with van der Waals surface area (Å²) in [6, 6.07) is 0. The van der Waals surface area contributed by atoms with Gasteiger partial charge in [-0.1, -0.05) is 41.5 Å². The molecular weight excluding hydrogens is 260 g/mol. The molecule has 2 aliphatic carbocycles. The third-order valence-electron chi connectivity index (χ3n) is 6.99. The van der Waals surface area contributed by atoms with Gasteiger partial charge in [-0.25, -0.2) is 0 Å². The lowest BCUT2D eigenvalue weighted by Gasteiger charge is -2.46. The minimum absolute atomic E-state index is 0.0259. The Morgan fingerprint density at radius 1 is 1.19 bits per heavy atom. The van der Waals surface area contributed by atoms with Crippen molar-refractivity contribution >= 4 is 5.97 Å². The summed E-state index contributed by atoms with van der Waals surface area (Å²) in [5.41, 5.74) is -0.267. The monoisotopic (exact) mass is 296 g/mol. The fourth-order valence-electron chi connectivity index (χ4n) is 4.24. The summed E-state index contributed by atoms with van der Waals surface area (Å²) in [7, 11) is 0. The van der Waals surface area contributed by atoms with Crippen molar-refractivity contribution in [1.29, 1.82) is 0 Å². The Balaban J connectivity index is 0.00000106. The summed E-state index contributed by atoms with van der Waals surface area (Å²) in [5.74, 6) is 0.669. The van der Waals surface area contributed by atoms with Gasteiger partial charge in [-0.15, -0.1) is 0 Å². The van der Waals surface area contributed by atoms with E-state index in [0.717, 1.165) is 12.8 Å². The Kier molecular flexibility index (Phi) is 4.93. The molecule has 2 aliphatic rings. The molecule has 2 rings (SSSR count). The number of carbonyl (C=O) groups is 1. The van der Waals surface area contributed by atoms with Gasteiger partial charge in [0.25, 0.3) is 0 Å². The first kappa shape index (κ1) is 18.5. The maximum Gasteiger partial charge on any atom is 0.312 e. The zero-order valence-corrected chi connectivity index (χ0v) is 15.7. The molecule has 2 bridgehead atoms. The molecule has 0 aromatic carbocycles. The fraction of sp³-hybridized carbons (Fsp3) is 0.947. The number of ether oxygens (including phenoxy) is 1. The summed E-state index contributed by atoms with van der Waals surface area (Å²) in [5, 5.41) is 0. The van der Waals surface area contributed by atoms with Gasteiger partial charge < -0.3 is 4.74 Å². The van der Waals surface area contributed by atoms with Crippen LogP contribution in [0, 0.1) is 22.2 Å². The normalized spacial score (nSPS) is 36.9. The van der Waals surface area contributed by atoms with Gasteiger partial charge in [-0.05, 0) is 57.8 Å². The smallest absolute Gasteiger partial charge is 0.312 e. The van der Waals surface area contributed by atoms with Crippen LogP contribution in [0.5, 0.6) is 0 Å². The largest absolute Gasteiger partial charge is 0.458 e. The van der Waals surface area contributed by atoms with Crippen LogP contribution in [0.25, 0.3) is 0 Å². The van der Waals surface area contributed by atoms with Gasteiger partial charge in [0.05, 0.1) is 5.41 Å². The van der Waals surface area contributed by atoms with E-state index in [1.165, 1.54) is 12.8 Å². The third kappa shape index (κ3) is 2.53. The minimum atomic E-state index is -0.370. The molecule has 0 aromatic heterocycles. The Morgan fingerprint density at radius 3 is 2.05 bits per heavy atom. The van der Waals surface area contributed by atoms with Crippen molar-refractivity contribution in [2.24, 2.45) is 22.2 Å². The van der Waals surface area contributed by atoms with Gasteiger partial charge in [-0.3, -0.25) is 4.79 Å². The van der Waals surface area contributed by atoms with Crippen LogP contribution in [-0.4, -0.2) is 11.6 Å². The summed E-state index contributed by atoms with van der Waals surface area (Å²) >= 11 is 0. The quantitative estimate of drug-likeness (QED) is 0.634. The number of esters is 1. The Morgan fingerprint density at radius 2 is 1.71 bits per heavy atom. The van der Waals surface area contributed by atoms with Crippen molar-refractivity contribution in [3.05, 3.63) is 0 Å². The van der Waals surface area contributed by atoms with Gasteiger partial charge in [0.1, 0.15) is 5.60 Å². The second kappa shape index (κ2) is 5.59. The summed E-state index contributed by atoms with van der Waals surface area (Å²) < 4.78 is 6.09. The average Bonchev–Trinajstić information content (AvgIpc) is 2.72. The van der Waals surface area contributed by atoms with E-state index in [1.54, 1.807) is 0 Å². The second-order valence-electron chi connectivity index (χ2n) is 8.35. The Hall–Kier alpha value is -0.530. The molecule has 3 atom stereocenters. The maximum absolute atomic E-state index is 12.5. The molecule has 0 radical (unpaired) electrons. The van der Waals surface area contributed by atoms with E-state index in [-0.39, 0.29) is 27.8 Å². The van der Waals surface area contributed by atoms with Crippen LogP contribution < -0.4 is 0 Å². The van der Waals surface area contributed by atoms with E-state index in [1.807, 2.05) is 27.7 Å². The highest BCUT2D eigenvalue weighted by Crippen LogP contribution is 2.70. The predicted octanol–water partition coefficient (Wildman–Crippen LogP) is 5.60. The van der Waals surface area contributed by atoms with Gasteiger partial charge in [-0.2, -0.15) is 0 Å². The van der Waals surface area contributed by atoms with E-state index in [2.05, 4.69) is 34.6 Å². The number of rotatable bonds is 3. The molecule has 0 aromatic rings. The molecule has 0 aliphatic heterocycles. The summed E-state index contributed by atoms with van der Waals surface area (Å²) in [4.78, 5) is 12.5. The molecule has 3 unspecified atom stereocenters. The van der Waals surface area contributed by atoms with Crippen LogP contribution in [0.2, 0.25) is 0 Å². The van der Waals surface area contributed by atoms with Crippen molar-refractivity contribution in [3.63, 3.8) is 0 Å². The predicted molar refractivity (Wildman–Crippen MR) is 89.1 cm³/mol. The standard InChI is InChI=1S/C17H30O2.C2H6/c1-8-14(2,3)13(18)19-17(7)11-12-9-10-16(17,6)15(12,4)5;1-2/h12H,8-11H2,1-7H3;1-2H3. The van der Waals surface area contributed by atoms with Crippen LogP contribution >= 0.6 is 0 Å². The van der Waals surface area contributed by atoms with E-state index in [4.69, 9.17) is 4.74 Å². The maximum atomic E-state index is 12.5. The average molecular weight is 296 g/mol. The molecule has 0 amide bonds. The Labute approximate surface area is 132 Å². The minimum Gasteiger partial charge on any atom is -0.458 e. The lowest BCUT2D eigenvalue weighted by atomic mass is 9.65. The van der Waals surface area contributed by atoms with Gasteiger partial charge >= 0.3 is 5.97 Å². The molecule has 0 heterocycles. The van der Waals surface area contributed by atoms with Crippen LogP contribution in [-0.2, 0) is 9.53 Å². The van der Waals surface area contributed by atoms with Crippen molar-refractivity contribution in [2.45, 2.75) is 93.6 Å². The van der Waals surface area contributed by atoms with Crippen LogP contribution in [0.3, 0.4) is 0 Å². The lowest BCUT2D eigenvalue weighted by Crippen LogP contribution is -2.49. The number of hydrogen-bond acceptors (Lipinski definition) is 2. The Bertz CT molecular complexity index is 396. The van der Waals surface area contributed by atoms with Gasteiger partial charge in [0.2, 0.25) is 0 Å². The first-order valence-electron chi connectivity index (χ1n) is 8.74.